The number of methoxy groups -OCH3 is 2. The Morgan fingerprint density at radius 1 is 1.12 bits per heavy atom. The Kier molecular flexibility index (Phi) is 5.91. The molecule has 1 atom stereocenters. The van der Waals surface area contributed by atoms with Crippen LogP contribution in [-0.2, 0) is 11.2 Å². The smallest absolute Gasteiger partial charge is 0.233 e. The van der Waals surface area contributed by atoms with Crippen molar-refractivity contribution < 1.29 is 14.3 Å². The maximum atomic E-state index is 12.3. The molecular weight excluding hydrogens is 402 g/mol. The number of hydrogen-bond acceptors (Lipinski definition) is 4. The molecule has 1 aliphatic rings. The standard InChI is InChI=1S/C19H20BrNO3S/c1-23-16-8-3-13(11-17(16)24-2)9-10-21-18(22)12-25-19(21)14-4-6-15(20)7-5-14/h3-8,11,19H,9-10,12H2,1-2H3. The zero-order chi connectivity index (χ0) is 17.8. The number of thioether (sulfide) groups is 1. The number of amides is 1. The predicted octanol–water partition coefficient (Wildman–Crippen LogP) is 4.28. The SMILES string of the molecule is COc1ccc(CCN2C(=O)CSC2c2ccc(Br)cc2)cc1OC. The monoisotopic (exact) mass is 421 g/mol. The summed E-state index contributed by atoms with van der Waals surface area (Å²) in [4.78, 5) is 14.3. The van der Waals surface area contributed by atoms with E-state index in [-0.39, 0.29) is 11.3 Å². The molecule has 1 amide bonds. The topological polar surface area (TPSA) is 38.8 Å². The minimum Gasteiger partial charge on any atom is -0.493 e. The number of halogens is 1. The van der Waals surface area contributed by atoms with E-state index in [2.05, 4.69) is 28.1 Å². The third-order valence-electron chi connectivity index (χ3n) is 4.21. The maximum absolute atomic E-state index is 12.3. The third kappa shape index (κ3) is 4.12. The second kappa shape index (κ2) is 8.15. The minimum absolute atomic E-state index is 0.0840. The Labute approximate surface area is 160 Å². The van der Waals surface area contributed by atoms with Gasteiger partial charge in [-0.05, 0) is 41.8 Å². The van der Waals surface area contributed by atoms with Crippen molar-refractivity contribution in [2.45, 2.75) is 11.8 Å². The number of ether oxygens (including phenoxy) is 2. The van der Waals surface area contributed by atoms with E-state index in [1.807, 2.05) is 35.2 Å². The first-order valence-electron chi connectivity index (χ1n) is 8.00. The molecule has 2 aromatic rings. The molecule has 25 heavy (non-hydrogen) atoms. The van der Waals surface area contributed by atoms with Gasteiger partial charge in [0.2, 0.25) is 5.91 Å². The first-order chi connectivity index (χ1) is 12.1. The van der Waals surface area contributed by atoms with Crippen LogP contribution in [0, 0.1) is 0 Å². The summed E-state index contributed by atoms with van der Waals surface area (Å²) in [6.07, 6.45) is 0.777. The average molecular weight is 422 g/mol. The van der Waals surface area contributed by atoms with Gasteiger partial charge in [-0.2, -0.15) is 0 Å². The summed E-state index contributed by atoms with van der Waals surface area (Å²) in [6, 6.07) is 14.1. The number of benzene rings is 2. The van der Waals surface area contributed by atoms with Gasteiger partial charge in [0.05, 0.1) is 20.0 Å². The third-order valence-corrected chi connectivity index (χ3v) is 6.00. The lowest BCUT2D eigenvalue weighted by Crippen LogP contribution is -2.30. The van der Waals surface area contributed by atoms with Gasteiger partial charge >= 0.3 is 0 Å². The average Bonchev–Trinajstić information content (AvgIpc) is 3.01. The van der Waals surface area contributed by atoms with Gasteiger partial charge in [-0.1, -0.05) is 34.1 Å². The molecule has 0 spiro atoms. The molecule has 0 aromatic heterocycles. The number of rotatable bonds is 6. The van der Waals surface area contributed by atoms with Crippen molar-refractivity contribution >= 4 is 33.6 Å². The summed E-state index contributed by atoms with van der Waals surface area (Å²) in [5.41, 5.74) is 2.28. The van der Waals surface area contributed by atoms with E-state index in [0.29, 0.717) is 23.8 Å². The van der Waals surface area contributed by atoms with Crippen molar-refractivity contribution in [3.8, 4) is 11.5 Å². The minimum atomic E-state index is 0.0840. The molecule has 3 rings (SSSR count). The highest BCUT2D eigenvalue weighted by molar-refractivity contribution is 9.10. The fraction of sp³-hybridized carbons (Fsp3) is 0.316. The quantitative estimate of drug-likeness (QED) is 0.697. The Morgan fingerprint density at radius 2 is 1.84 bits per heavy atom. The molecule has 0 N–H and O–H groups in total. The van der Waals surface area contributed by atoms with Crippen molar-refractivity contribution in [2.24, 2.45) is 0 Å². The predicted molar refractivity (Wildman–Crippen MR) is 104 cm³/mol. The highest BCUT2D eigenvalue weighted by atomic mass is 79.9. The molecule has 6 heteroatoms. The molecule has 4 nitrogen and oxygen atoms in total. The summed E-state index contributed by atoms with van der Waals surface area (Å²) in [5, 5.41) is 0.0840. The van der Waals surface area contributed by atoms with E-state index in [1.165, 1.54) is 0 Å². The Bertz CT molecular complexity index is 751. The van der Waals surface area contributed by atoms with Gasteiger partial charge in [-0.25, -0.2) is 0 Å². The lowest BCUT2D eigenvalue weighted by Gasteiger charge is -2.24. The van der Waals surface area contributed by atoms with Crippen LogP contribution in [0.25, 0.3) is 0 Å². The molecule has 132 valence electrons. The van der Waals surface area contributed by atoms with Gasteiger partial charge in [0.15, 0.2) is 11.5 Å². The molecule has 1 aliphatic heterocycles. The van der Waals surface area contributed by atoms with Gasteiger partial charge < -0.3 is 14.4 Å². The molecule has 0 saturated carbocycles. The summed E-state index contributed by atoms with van der Waals surface area (Å²) < 4.78 is 11.7. The Hall–Kier alpha value is -1.66. The lowest BCUT2D eigenvalue weighted by molar-refractivity contribution is -0.128. The second-order valence-corrected chi connectivity index (χ2v) is 7.73. The fourth-order valence-electron chi connectivity index (χ4n) is 2.89. The van der Waals surface area contributed by atoms with E-state index in [0.717, 1.165) is 22.0 Å². The molecule has 1 fully saturated rings. The molecule has 1 unspecified atom stereocenters. The van der Waals surface area contributed by atoms with Crippen LogP contribution in [0.15, 0.2) is 46.9 Å². The van der Waals surface area contributed by atoms with Crippen LogP contribution in [0.4, 0.5) is 0 Å². The van der Waals surface area contributed by atoms with E-state index in [9.17, 15) is 4.79 Å². The molecule has 1 heterocycles. The molecule has 0 aliphatic carbocycles. The summed E-state index contributed by atoms with van der Waals surface area (Å²) in [6.45, 7) is 0.683. The van der Waals surface area contributed by atoms with E-state index in [4.69, 9.17) is 9.47 Å². The van der Waals surface area contributed by atoms with E-state index >= 15 is 0 Å². The zero-order valence-corrected chi connectivity index (χ0v) is 16.6. The first-order valence-corrected chi connectivity index (χ1v) is 9.84. The first kappa shape index (κ1) is 18.1. The Balaban J connectivity index is 1.72. The molecule has 0 bridgehead atoms. The Morgan fingerprint density at radius 3 is 2.52 bits per heavy atom. The van der Waals surface area contributed by atoms with Crippen molar-refractivity contribution in [3.63, 3.8) is 0 Å². The van der Waals surface area contributed by atoms with Gasteiger partial charge in [-0.15, -0.1) is 11.8 Å². The lowest BCUT2D eigenvalue weighted by atomic mass is 10.1. The van der Waals surface area contributed by atoms with Crippen LogP contribution in [-0.4, -0.2) is 37.3 Å². The van der Waals surface area contributed by atoms with E-state index in [1.54, 1.807) is 26.0 Å². The van der Waals surface area contributed by atoms with Gasteiger partial charge in [0, 0.05) is 11.0 Å². The molecule has 0 radical (unpaired) electrons. The zero-order valence-electron chi connectivity index (χ0n) is 14.2. The van der Waals surface area contributed by atoms with Crippen molar-refractivity contribution in [1.82, 2.24) is 4.90 Å². The van der Waals surface area contributed by atoms with Crippen LogP contribution >= 0.6 is 27.7 Å². The molecular formula is C19H20BrNO3S. The van der Waals surface area contributed by atoms with Crippen LogP contribution in [0.3, 0.4) is 0 Å². The van der Waals surface area contributed by atoms with Crippen LogP contribution < -0.4 is 9.47 Å². The molecule has 1 saturated heterocycles. The summed E-state index contributed by atoms with van der Waals surface area (Å²) in [7, 11) is 3.26. The maximum Gasteiger partial charge on any atom is 0.233 e. The van der Waals surface area contributed by atoms with E-state index < -0.39 is 0 Å². The van der Waals surface area contributed by atoms with Crippen molar-refractivity contribution in [1.29, 1.82) is 0 Å². The number of hydrogen-bond donors (Lipinski definition) is 0. The van der Waals surface area contributed by atoms with Gasteiger partial charge in [0.25, 0.3) is 0 Å². The summed E-state index contributed by atoms with van der Waals surface area (Å²) in [5.74, 6) is 2.16. The number of carbonyl (C=O) groups is 1. The van der Waals surface area contributed by atoms with Crippen LogP contribution in [0.2, 0.25) is 0 Å². The highest BCUT2D eigenvalue weighted by Crippen LogP contribution is 2.39. The van der Waals surface area contributed by atoms with Crippen molar-refractivity contribution in [2.75, 3.05) is 26.5 Å². The normalized spacial score (nSPS) is 17.0. The number of nitrogens with zero attached hydrogens (tertiary/aromatic N) is 1. The van der Waals surface area contributed by atoms with Crippen LogP contribution in [0.1, 0.15) is 16.5 Å². The molecule has 2 aromatic carbocycles. The highest BCUT2D eigenvalue weighted by Gasteiger charge is 2.32. The van der Waals surface area contributed by atoms with Crippen LogP contribution in [0.5, 0.6) is 11.5 Å². The van der Waals surface area contributed by atoms with Crippen molar-refractivity contribution in [3.05, 3.63) is 58.1 Å². The largest absolute Gasteiger partial charge is 0.493 e. The summed E-state index contributed by atoms with van der Waals surface area (Å²) >= 11 is 5.14. The second-order valence-electron chi connectivity index (χ2n) is 5.74. The van der Waals surface area contributed by atoms with Gasteiger partial charge in [-0.3, -0.25) is 4.79 Å². The van der Waals surface area contributed by atoms with Gasteiger partial charge in [0.1, 0.15) is 5.37 Å². The number of carbonyl (C=O) groups excluding carboxylic acids is 1. The fourth-order valence-corrected chi connectivity index (χ4v) is 4.37.